The second-order valence-electron chi connectivity index (χ2n) is 5.23. The average Bonchev–Trinajstić information content (AvgIpc) is 3.11. The van der Waals surface area contributed by atoms with Gasteiger partial charge in [0.1, 0.15) is 0 Å². The van der Waals surface area contributed by atoms with E-state index in [1.807, 2.05) is 29.6 Å². The number of hydrogen-bond donors (Lipinski definition) is 2. The molecule has 1 amide bonds. The van der Waals surface area contributed by atoms with Crippen LogP contribution in [0.4, 0.5) is 10.8 Å². The summed E-state index contributed by atoms with van der Waals surface area (Å²) in [5.41, 5.74) is 3.24. The lowest BCUT2D eigenvalue weighted by atomic mass is 10.2. The van der Waals surface area contributed by atoms with E-state index in [1.54, 1.807) is 31.6 Å². The zero-order chi connectivity index (χ0) is 17.5. The smallest absolute Gasteiger partial charge is 0.251 e. The number of rotatable bonds is 7. The highest BCUT2D eigenvalue weighted by molar-refractivity contribution is 7.14. The molecule has 1 aromatic carbocycles. The highest BCUT2D eigenvalue weighted by Crippen LogP contribution is 2.26. The van der Waals surface area contributed by atoms with Crippen LogP contribution in [0.3, 0.4) is 0 Å². The molecule has 2 heterocycles. The zero-order valence-electron chi connectivity index (χ0n) is 13.7. The fraction of sp³-hybridized carbons (Fsp3) is 0.167. The highest BCUT2D eigenvalue weighted by Gasteiger charge is 2.08. The molecule has 25 heavy (non-hydrogen) atoms. The molecule has 0 aliphatic heterocycles. The maximum atomic E-state index is 12.1. The Bertz CT molecular complexity index is 836. The van der Waals surface area contributed by atoms with E-state index in [1.165, 1.54) is 11.3 Å². The summed E-state index contributed by atoms with van der Waals surface area (Å²) in [5, 5.41) is 8.78. The summed E-state index contributed by atoms with van der Waals surface area (Å²) in [7, 11) is 1.60. The summed E-state index contributed by atoms with van der Waals surface area (Å²) in [6, 6.07) is 11.2. The quantitative estimate of drug-likeness (QED) is 0.637. The normalized spacial score (nSPS) is 10.4. The van der Waals surface area contributed by atoms with Crippen molar-refractivity contribution in [2.45, 2.75) is 0 Å². The van der Waals surface area contributed by atoms with Gasteiger partial charge in [0.2, 0.25) is 0 Å². The van der Waals surface area contributed by atoms with Crippen molar-refractivity contribution in [3.05, 3.63) is 59.7 Å². The molecule has 0 spiro atoms. The SMILES string of the molecule is COCCNC(=O)c1cccc(Nc2nc(-c3cccnc3)cs2)c1. The van der Waals surface area contributed by atoms with Crippen LogP contribution in [0.2, 0.25) is 0 Å². The Hall–Kier alpha value is -2.77. The zero-order valence-corrected chi connectivity index (χ0v) is 14.5. The highest BCUT2D eigenvalue weighted by atomic mass is 32.1. The van der Waals surface area contributed by atoms with Gasteiger partial charge in [0.25, 0.3) is 5.91 Å². The van der Waals surface area contributed by atoms with E-state index in [2.05, 4.69) is 20.6 Å². The van der Waals surface area contributed by atoms with Gasteiger partial charge < -0.3 is 15.4 Å². The Morgan fingerprint density at radius 1 is 1.28 bits per heavy atom. The molecule has 0 saturated heterocycles. The number of nitrogens with zero attached hydrogens (tertiary/aromatic N) is 2. The van der Waals surface area contributed by atoms with Gasteiger partial charge in [0.05, 0.1) is 12.3 Å². The largest absolute Gasteiger partial charge is 0.383 e. The number of nitrogens with one attached hydrogen (secondary N) is 2. The van der Waals surface area contributed by atoms with Gasteiger partial charge in [-0.05, 0) is 30.3 Å². The second kappa shape index (κ2) is 8.36. The predicted molar refractivity (Wildman–Crippen MR) is 99.3 cm³/mol. The number of carbonyl (C=O) groups is 1. The van der Waals surface area contributed by atoms with Gasteiger partial charge in [-0.1, -0.05) is 6.07 Å². The summed E-state index contributed by atoms with van der Waals surface area (Å²) in [5.74, 6) is -0.129. The molecule has 0 aliphatic rings. The van der Waals surface area contributed by atoms with Gasteiger partial charge in [-0.3, -0.25) is 9.78 Å². The Kier molecular flexibility index (Phi) is 5.71. The van der Waals surface area contributed by atoms with Gasteiger partial charge in [-0.2, -0.15) is 0 Å². The first kappa shape index (κ1) is 17.1. The lowest BCUT2D eigenvalue weighted by molar-refractivity contribution is 0.0937. The maximum Gasteiger partial charge on any atom is 0.251 e. The number of aromatic nitrogens is 2. The molecule has 3 rings (SSSR count). The third-order valence-electron chi connectivity index (χ3n) is 3.43. The molecule has 2 aromatic heterocycles. The van der Waals surface area contributed by atoms with E-state index in [0.29, 0.717) is 18.7 Å². The van der Waals surface area contributed by atoms with Crippen molar-refractivity contribution in [3.63, 3.8) is 0 Å². The van der Waals surface area contributed by atoms with Crippen LogP contribution in [-0.2, 0) is 4.74 Å². The fourth-order valence-corrected chi connectivity index (χ4v) is 2.95. The van der Waals surface area contributed by atoms with Crippen LogP contribution in [0, 0.1) is 0 Å². The summed E-state index contributed by atoms with van der Waals surface area (Å²) < 4.78 is 4.93. The Morgan fingerprint density at radius 2 is 2.20 bits per heavy atom. The third-order valence-corrected chi connectivity index (χ3v) is 4.19. The van der Waals surface area contributed by atoms with Gasteiger partial charge in [-0.15, -0.1) is 11.3 Å². The molecule has 128 valence electrons. The van der Waals surface area contributed by atoms with E-state index in [4.69, 9.17) is 4.74 Å². The molecule has 0 unspecified atom stereocenters. The summed E-state index contributed by atoms with van der Waals surface area (Å²) in [6.45, 7) is 0.966. The van der Waals surface area contributed by atoms with Crippen molar-refractivity contribution < 1.29 is 9.53 Å². The minimum atomic E-state index is -0.129. The topological polar surface area (TPSA) is 76.1 Å². The van der Waals surface area contributed by atoms with Crippen LogP contribution in [0.25, 0.3) is 11.3 Å². The van der Waals surface area contributed by atoms with E-state index in [0.717, 1.165) is 22.1 Å². The van der Waals surface area contributed by atoms with Gasteiger partial charge >= 0.3 is 0 Å². The number of thiazole rings is 1. The second-order valence-corrected chi connectivity index (χ2v) is 6.09. The van der Waals surface area contributed by atoms with E-state index < -0.39 is 0 Å². The van der Waals surface area contributed by atoms with Gasteiger partial charge in [-0.25, -0.2) is 4.98 Å². The monoisotopic (exact) mass is 354 g/mol. The summed E-state index contributed by atoms with van der Waals surface area (Å²) in [4.78, 5) is 20.8. The summed E-state index contributed by atoms with van der Waals surface area (Å²) >= 11 is 1.50. The molecule has 0 bridgehead atoms. The van der Waals surface area contributed by atoms with Crippen LogP contribution in [0.5, 0.6) is 0 Å². The van der Waals surface area contributed by atoms with E-state index in [9.17, 15) is 4.79 Å². The average molecular weight is 354 g/mol. The Morgan fingerprint density at radius 3 is 3.00 bits per heavy atom. The Labute approximate surface area is 149 Å². The molecule has 3 aromatic rings. The molecule has 0 radical (unpaired) electrons. The van der Waals surface area contributed by atoms with Crippen molar-refractivity contribution in [1.29, 1.82) is 0 Å². The molecular formula is C18H18N4O2S. The molecule has 2 N–H and O–H groups in total. The number of pyridine rings is 1. The van der Waals surface area contributed by atoms with Crippen LogP contribution in [0.1, 0.15) is 10.4 Å². The first-order valence-corrected chi connectivity index (χ1v) is 8.64. The van der Waals surface area contributed by atoms with Crippen LogP contribution < -0.4 is 10.6 Å². The molecule has 6 nitrogen and oxygen atoms in total. The van der Waals surface area contributed by atoms with Crippen molar-refractivity contribution in [2.75, 3.05) is 25.6 Å². The molecule has 7 heteroatoms. The van der Waals surface area contributed by atoms with Crippen molar-refractivity contribution in [2.24, 2.45) is 0 Å². The number of methoxy groups -OCH3 is 1. The number of carbonyl (C=O) groups excluding carboxylic acids is 1. The minimum Gasteiger partial charge on any atom is -0.383 e. The molecule has 0 atom stereocenters. The van der Waals surface area contributed by atoms with E-state index in [-0.39, 0.29) is 5.91 Å². The van der Waals surface area contributed by atoms with Gasteiger partial charge in [0.15, 0.2) is 5.13 Å². The first-order chi connectivity index (χ1) is 12.3. The van der Waals surface area contributed by atoms with Gasteiger partial charge in [0, 0.05) is 48.2 Å². The molecule has 0 aliphatic carbocycles. The fourth-order valence-electron chi connectivity index (χ4n) is 2.21. The number of benzene rings is 1. The number of amides is 1. The summed E-state index contributed by atoms with van der Waals surface area (Å²) in [6.07, 6.45) is 3.52. The number of anilines is 2. The Balaban J connectivity index is 1.68. The van der Waals surface area contributed by atoms with Crippen molar-refractivity contribution in [3.8, 4) is 11.3 Å². The lowest BCUT2D eigenvalue weighted by Gasteiger charge is -2.07. The van der Waals surface area contributed by atoms with Crippen molar-refractivity contribution >= 4 is 28.1 Å². The number of hydrogen-bond acceptors (Lipinski definition) is 6. The van der Waals surface area contributed by atoms with E-state index >= 15 is 0 Å². The predicted octanol–water partition coefficient (Wildman–Crippen LogP) is 3.32. The maximum absolute atomic E-state index is 12.1. The van der Waals surface area contributed by atoms with Crippen LogP contribution >= 0.6 is 11.3 Å². The lowest BCUT2D eigenvalue weighted by Crippen LogP contribution is -2.26. The molecular weight excluding hydrogens is 336 g/mol. The first-order valence-electron chi connectivity index (χ1n) is 7.76. The van der Waals surface area contributed by atoms with Crippen LogP contribution in [0.15, 0.2) is 54.2 Å². The molecule has 0 saturated carbocycles. The minimum absolute atomic E-state index is 0.129. The standard InChI is InChI=1S/C18H18N4O2S/c1-24-9-8-20-17(23)13-4-2-6-15(10-13)21-18-22-16(12-25-18)14-5-3-7-19-11-14/h2-7,10-12H,8-9H2,1H3,(H,20,23)(H,21,22). The molecule has 0 fully saturated rings. The third kappa shape index (κ3) is 4.62. The van der Waals surface area contributed by atoms with Crippen molar-refractivity contribution in [1.82, 2.24) is 15.3 Å². The number of ether oxygens (including phenoxy) is 1. The van der Waals surface area contributed by atoms with Crippen LogP contribution in [-0.4, -0.2) is 36.1 Å².